The molecule has 0 fully saturated rings. The molecule has 0 saturated carbocycles. The van der Waals surface area contributed by atoms with Crippen LogP contribution in [0.2, 0.25) is 0 Å². The van der Waals surface area contributed by atoms with Crippen molar-refractivity contribution in [1.82, 2.24) is 4.98 Å². The molecule has 0 atom stereocenters. The minimum atomic E-state index is -0.328. The van der Waals surface area contributed by atoms with Crippen LogP contribution in [-0.2, 0) is 0 Å². The van der Waals surface area contributed by atoms with E-state index in [9.17, 15) is 0 Å². The Bertz CT molecular complexity index is 576. The molecule has 2 N–H and O–H groups in total. The summed E-state index contributed by atoms with van der Waals surface area (Å²) in [5, 5.41) is 0. The average Bonchev–Trinajstić information content (AvgIpc) is 2.40. The number of benzene rings is 1. The molecule has 0 aliphatic rings. The zero-order chi connectivity index (χ0) is 14.8. The summed E-state index contributed by atoms with van der Waals surface area (Å²) in [4.78, 5) is 6.51. The van der Waals surface area contributed by atoms with Crippen LogP contribution in [0.1, 0.15) is 20.8 Å². The number of anilines is 3. The van der Waals surface area contributed by atoms with E-state index >= 15 is 0 Å². The molecule has 1 aromatic heterocycles. The summed E-state index contributed by atoms with van der Waals surface area (Å²) in [5.74, 6) is 1.27. The van der Waals surface area contributed by atoms with Gasteiger partial charge >= 0.3 is 0 Å². The largest absolute Gasteiger partial charge is 0.470 e. The Kier molecular flexibility index (Phi) is 3.84. The summed E-state index contributed by atoms with van der Waals surface area (Å²) in [6, 6.07) is 13.7. The molecule has 0 bridgehead atoms. The highest BCUT2D eigenvalue weighted by molar-refractivity contribution is 5.62. The first kappa shape index (κ1) is 14.2. The summed E-state index contributed by atoms with van der Waals surface area (Å²) < 4.78 is 5.80. The first-order valence-corrected chi connectivity index (χ1v) is 6.61. The van der Waals surface area contributed by atoms with Gasteiger partial charge in [-0.15, -0.1) is 0 Å². The number of aromatic nitrogens is 1. The topological polar surface area (TPSA) is 51.4 Å². The number of hydrogen-bond donors (Lipinski definition) is 1. The molecule has 1 aromatic carbocycles. The van der Waals surface area contributed by atoms with Gasteiger partial charge in [0.2, 0.25) is 5.88 Å². The third-order valence-electron chi connectivity index (χ3n) is 2.77. The lowest BCUT2D eigenvalue weighted by molar-refractivity contribution is 0.125. The molecule has 0 saturated heterocycles. The molecule has 0 unspecified atom stereocenters. The van der Waals surface area contributed by atoms with Crippen LogP contribution in [0.5, 0.6) is 5.88 Å². The molecule has 4 nitrogen and oxygen atoms in total. The van der Waals surface area contributed by atoms with Crippen LogP contribution in [0.25, 0.3) is 0 Å². The minimum Gasteiger partial charge on any atom is -0.470 e. The molecule has 0 aliphatic carbocycles. The van der Waals surface area contributed by atoms with Crippen molar-refractivity contribution in [3.05, 3.63) is 42.5 Å². The summed E-state index contributed by atoms with van der Waals surface area (Å²) in [5.41, 5.74) is 7.21. The fraction of sp³-hybridized carbons (Fsp3) is 0.312. The minimum absolute atomic E-state index is 0.328. The maximum absolute atomic E-state index is 5.93. The van der Waals surface area contributed by atoms with Crippen LogP contribution in [0.3, 0.4) is 0 Å². The van der Waals surface area contributed by atoms with Crippen LogP contribution >= 0.6 is 0 Å². The standard InChI is InChI=1S/C16H21N3O/c1-16(2,3)20-15-13(17)10-11-14(18-15)19(4)12-8-6-5-7-9-12/h5-11H,17H2,1-4H3. The Morgan fingerprint density at radius 1 is 1.05 bits per heavy atom. The van der Waals surface area contributed by atoms with E-state index < -0.39 is 0 Å². The smallest absolute Gasteiger partial charge is 0.239 e. The van der Waals surface area contributed by atoms with Gasteiger partial charge in [0.25, 0.3) is 0 Å². The van der Waals surface area contributed by atoms with Crippen molar-refractivity contribution < 1.29 is 4.74 Å². The summed E-state index contributed by atoms with van der Waals surface area (Å²) >= 11 is 0. The Morgan fingerprint density at radius 2 is 1.70 bits per heavy atom. The normalized spacial score (nSPS) is 11.2. The fourth-order valence-electron chi connectivity index (χ4n) is 1.78. The molecule has 0 spiro atoms. The number of ether oxygens (including phenoxy) is 1. The molecular formula is C16H21N3O. The van der Waals surface area contributed by atoms with E-state index in [-0.39, 0.29) is 5.60 Å². The van der Waals surface area contributed by atoms with E-state index in [4.69, 9.17) is 10.5 Å². The van der Waals surface area contributed by atoms with Crippen molar-refractivity contribution in [3.63, 3.8) is 0 Å². The molecule has 0 radical (unpaired) electrons. The molecule has 2 rings (SSSR count). The zero-order valence-corrected chi connectivity index (χ0v) is 12.4. The predicted octanol–water partition coefficient (Wildman–Crippen LogP) is 3.61. The van der Waals surface area contributed by atoms with Crippen molar-refractivity contribution in [2.75, 3.05) is 17.7 Å². The number of rotatable bonds is 3. The lowest BCUT2D eigenvalue weighted by Gasteiger charge is -2.24. The quantitative estimate of drug-likeness (QED) is 0.926. The Morgan fingerprint density at radius 3 is 2.30 bits per heavy atom. The van der Waals surface area contributed by atoms with Gasteiger partial charge in [0.05, 0.1) is 5.69 Å². The first-order valence-electron chi connectivity index (χ1n) is 6.61. The summed E-state index contributed by atoms with van der Waals surface area (Å²) in [7, 11) is 1.97. The second-order valence-corrected chi connectivity index (χ2v) is 5.67. The van der Waals surface area contributed by atoms with E-state index in [1.54, 1.807) is 0 Å². The highest BCUT2D eigenvalue weighted by Crippen LogP contribution is 2.28. The second kappa shape index (κ2) is 5.41. The van der Waals surface area contributed by atoms with Crippen molar-refractivity contribution in [1.29, 1.82) is 0 Å². The average molecular weight is 271 g/mol. The van der Waals surface area contributed by atoms with Crippen molar-refractivity contribution in [2.24, 2.45) is 0 Å². The van der Waals surface area contributed by atoms with Crippen LogP contribution in [0, 0.1) is 0 Å². The SMILES string of the molecule is CN(c1ccccc1)c1ccc(N)c(OC(C)(C)C)n1. The molecular weight excluding hydrogens is 250 g/mol. The Labute approximate surface area is 120 Å². The van der Waals surface area contributed by atoms with Gasteiger partial charge in [-0.2, -0.15) is 4.98 Å². The number of nitrogens with two attached hydrogens (primary N) is 1. The van der Waals surface area contributed by atoms with Gasteiger partial charge in [0.15, 0.2) is 0 Å². The number of nitrogens with zero attached hydrogens (tertiary/aromatic N) is 2. The Balaban J connectivity index is 2.32. The zero-order valence-electron chi connectivity index (χ0n) is 12.4. The molecule has 0 amide bonds. The van der Waals surface area contributed by atoms with Crippen LogP contribution in [0.4, 0.5) is 17.2 Å². The van der Waals surface area contributed by atoms with E-state index in [2.05, 4.69) is 4.98 Å². The molecule has 106 valence electrons. The predicted molar refractivity (Wildman–Crippen MR) is 83.5 cm³/mol. The number of hydrogen-bond acceptors (Lipinski definition) is 4. The second-order valence-electron chi connectivity index (χ2n) is 5.67. The van der Waals surface area contributed by atoms with Gasteiger partial charge in [-0.1, -0.05) is 18.2 Å². The monoisotopic (exact) mass is 271 g/mol. The van der Waals surface area contributed by atoms with Crippen molar-refractivity contribution in [2.45, 2.75) is 26.4 Å². The van der Waals surface area contributed by atoms with Gasteiger partial charge in [-0.25, -0.2) is 0 Å². The molecule has 4 heteroatoms. The fourth-order valence-corrected chi connectivity index (χ4v) is 1.78. The maximum atomic E-state index is 5.93. The summed E-state index contributed by atoms with van der Waals surface area (Å²) in [6.07, 6.45) is 0. The van der Waals surface area contributed by atoms with Crippen LogP contribution in [0.15, 0.2) is 42.5 Å². The van der Waals surface area contributed by atoms with Gasteiger partial charge in [0, 0.05) is 12.7 Å². The van der Waals surface area contributed by atoms with Crippen LogP contribution < -0.4 is 15.4 Å². The van der Waals surface area contributed by atoms with Gasteiger partial charge in [0.1, 0.15) is 11.4 Å². The number of pyridine rings is 1. The van der Waals surface area contributed by atoms with E-state index in [0.29, 0.717) is 11.6 Å². The van der Waals surface area contributed by atoms with E-state index in [1.165, 1.54) is 0 Å². The Hall–Kier alpha value is -2.23. The highest BCUT2D eigenvalue weighted by atomic mass is 16.5. The van der Waals surface area contributed by atoms with Gasteiger partial charge in [-0.3, -0.25) is 0 Å². The molecule has 2 aromatic rings. The van der Waals surface area contributed by atoms with E-state index in [1.807, 2.05) is 75.2 Å². The van der Waals surface area contributed by atoms with Gasteiger partial charge < -0.3 is 15.4 Å². The molecule has 1 heterocycles. The number of nitrogen functional groups attached to an aromatic ring is 1. The lowest BCUT2D eigenvalue weighted by Crippen LogP contribution is -2.24. The van der Waals surface area contributed by atoms with E-state index in [0.717, 1.165) is 11.5 Å². The van der Waals surface area contributed by atoms with Crippen LogP contribution in [-0.4, -0.2) is 17.6 Å². The maximum Gasteiger partial charge on any atom is 0.239 e. The van der Waals surface area contributed by atoms with Gasteiger partial charge in [-0.05, 0) is 45.0 Å². The third-order valence-corrected chi connectivity index (χ3v) is 2.77. The third kappa shape index (κ3) is 3.41. The van der Waals surface area contributed by atoms with Crippen molar-refractivity contribution in [3.8, 4) is 5.88 Å². The molecule has 0 aliphatic heterocycles. The number of para-hydroxylation sites is 1. The first-order chi connectivity index (χ1) is 9.37. The lowest BCUT2D eigenvalue weighted by atomic mass is 10.2. The summed E-state index contributed by atoms with van der Waals surface area (Å²) in [6.45, 7) is 5.92. The molecule has 20 heavy (non-hydrogen) atoms. The highest BCUT2D eigenvalue weighted by Gasteiger charge is 2.16. The van der Waals surface area contributed by atoms with Crippen molar-refractivity contribution >= 4 is 17.2 Å².